The molecule has 0 aliphatic carbocycles. The first-order chi connectivity index (χ1) is 5.34. The van der Waals surface area contributed by atoms with Gasteiger partial charge in [0.25, 0.3) is 0 Å². The summed E-state index contributed by atoms with van der Waals surface area (Å²) in [7, 11) is 0. The maximum Gasteiger partial charge on any atom is 0.409 e. The van der Waals surface area contributed by atoms with Gasteiger partial charge in [0.2, 0.25) is 0 Å². The summed E-state index contributed by atoms with van der Waals surface area (Å²) in [5.41, 5.74) is 0. The van der Waals surface area contributed by atoms with Crippen LogP contribution in [0.2, 0.25) is 0 Å². The molecule has 0 saturated carbocycles. The Bertz CT molecular complexity index is 130. The highest BCUT2D eigenvalue weighted by molar-refractivity contribution is 5.67. The van der Waals surface area contributed by atoms with Crippen molar-refractivity contribution in [1.29, 1.82) is 0 Å². The van der Waals surface area contributed by atoms with Gasteiger partial charge in [-0.25, -0.2) is 4.79 Å². The molecule has 0 aromatic carbocycles. The molecule has 0 bridgehead atoms. The van der Waals surface area contributed by atoms with Crippen molar-refractivity contribution in [2.45, 2.75) is 19.3 Å². The summed E-state index contributed by atoms with van der Waals surface area (Å²) >= 11 is 0. The summed E-state index contributed by atoms with van der Waals surface area (Å²) in [4.78, 5) is 12.8. The first kappa shape index (κ1) is 8.37. The van der Waals surface area contributed by atoms with Crippen molar-refractivity contribution in [3.63, 3.8) is 0 Å². The number of amides is 1. The molecule has 0 aromatic rings. The van der Waals surface area contributed by atoms with Crippen molar-refractivity contribution < 1.29 is 9.53 Å². The van der Waals surface area contributed by atoms with Crippen molar-refractivity contribution in [2.75, 3.05) is 19.7 Å². The molecule has 1 saturated heterocycles. The zero-order valence-corrected chi connectivity index (χ0v) is 6.71. The van der Waals surface area contributed by atoms with Crippen molar-refractivity contribution in [3.8, 4) is 0 Å². The minimum absolute atomic E-state index is 0.209. The molecule has 1 rings (SSSR count). The van der Waals surface area contributed by atoms with E-state index in [2.05, 4.69) is 6.92 Å². The van der Waals surface area contributed by atoms with Gasteiger partial charge < -0.3 is 9.64 Å². The zero-order valence-electron chi connectivity index (χ0n) is 6.71. The third kappa shape index (κ3) is 2.41. The number of carbonyl (C=O) groups excluding carboxylic acids is 1. The highest BCUT2D eigenvalue weighted by Gasteiger charge is 2.16. The van der Waals surface area contributed by atoms with E-state index in [4.69, 9.17) is 4.74 Å². The minimum Gasteiger partial charge on any atom is -0.449 e. The third-order valence-electron chi connectivity index (χ3n) is 1.84. The fourth-order valence-electron chi connectivity index (χ4n) is 1.26. The van der Waals surface area contributed by atoms with E-state index in [9.17, 15) is 4.79 Å². The minimum atomic E-state index is -0.209. The lowest BCUT2D eigenvalue weighted by Crippen LogP contribution is -2.35. The molecule has 1 aliphatic heterocycles. The van der Waals surface area contributed by atoms with E-state index >= 15 is 0 Å². The number of ether oxygens (including phenoxy) is 1. The van der Waals surface area contributed by atoms with Crippen LogP contribution >= 0.6 is 0 Å². The standard InChI is InChI=1S/C8H14NO2/c1-2-11-8(10)9-6-4-3-5-7-9/h1-7H2. The Morgan fingerprint density at radius 3 is 2.55 bits per heavy atom. The van der Waals surface area contributed by atoms with E-state index in [1.807, 2.05) is 0 Å². The van der Waals surface area contributed by atoms with E-state index in [-0.39, 0.29) is 12.7 Å². The normalized spacial score (nSPS) is 18.1. The molecule has 63 valence electrons. The summed E-state index contributed by atoms with van der Waals surface area (Å²) in [5, 5.41) is 0. The number of piperidine rings is 1. The second kappa shape index (κ2) is 4.21. The van der Waals surface area contributed by atoms with Gasteiger partial charge in [-0.05, 0) is 26.2 Å². The molecule has 1 heterocycles. The molecule has 0 aromatic heterocycles. The summed E-state index contributed by atoms with van der Waals surface area (Å²) < 4.78 is 4.76. The SMILES string of the molecule is [CH2]COC(=O)N1CCCCC1. The fourth-order valence-corrected chi connectivity index (χ4v) is 1.26. The van der Waals surface area contributed by atoms with Gasteiger partial charge >= 0.3 is 6.09 Å². The number of hydrogen-bond donors (Lipinski definition) is 0. The van der Waals surface area contributed by atoms with Crippen molar-refractivity contribution >= 4 is 6.09 Å². The van der Waals surface area contributed by atoms with Gasteiger partial charge in [-0.1, -0.05) is 0 Å². The van der Waals surface area contributed by atoms with Crippen molar-refractivity contribution in [2.24, 2.45) is 0 Å². The van der Waals surface area contributed by atoms with Crippen LogP contribution in [-0.4, -0.2) is 30.7 Å². The quantitative estimate of drug-likeness (QED) is 0.575. The average molecular weight is 156 g/mol. The van der Waals surface area contributed by atoms with Crippen LogP contribution in [0.3, 0.4) is 0 Å². The van der Waals surface area contributed by atoms with Gasteiger partial charge in [0.15, 0.2) is 0 Å². The lowest BCUT2D eigenvalue weighted by Gasteiger charge is -2.25. The van der Waals surface area contributed by atoms with Crippen LogP contribution in [0.25, 0.3) is 0 Å². The predicted octanol–water partition coefficient (Wildman–Crippen LogP) is 1.44. The van der Waals surface area contributed by atoms with E-state index in [0.717, 1.165) is 25.9 Å². The highest BCUT2D eigenvalue weighted by atomic mass is 16.6. The Kier molecular flexibility index (Phi) is 3.20. The fraction of sp³-hybridized carbons (Fsp3) is 0.750. The van der Waals surface area contributed by atoms with E-state index in [1.54, 1.807) is 4.90 Å². The van der Waals surface area contributed by atoms with Crippen LogP contribution in [0.15, 0.2) is 0 Å². The maximum atomic E-state index is 11.1. The van der Waals surface area contributed by atoms with Crippen LogP contribution < -0.4 is 0 Å². The van der Waals surface area contributed by atoms with Crippen LogP contribution in [0.4, 0.5) is 4.79 Å². The first-order valence-electron chi connectivity index (χ1n) is 4.05. The smallest absolute Gasteiger partial charge is 0.409 e. The van der Waals surface area contributed by atoms with E-state index < -0.39 is 0 Å². The van der Waals surface area contributed by atoms with Gasteiger partial charge in [-0.15, -0.1) is 0 Å². The largest absolute Gasteiger partial charge is 0.449 e. The zero-order chi connectivity index (χ0) is 8.10. The molecule has 1 amide bonds. The Morgan fingerprint density at radius 1 is 1.36 bits per heavy atom. The lowest BCUT2D eigenvalue weighted by atomic mass is 10.1. The Hall–Kier alpha value is -0.730. The molecule has 0 unspecified atom stereocenters. The monoisotopic (exact) mass is 156 g/mol. The van der Waals surface area contributed by atoms with Gasteiger partial charge in [-0.2, -0.15) is 0 Å². The Labute approximate surface area is 67.3 Å². The summed E-state index contributed by atoms with van der Waals surface area (Å²) in [5.74, 6) is 0. The Morgan fingerprint density at radius 2 is 2.00 bits per heavy atom. The van der Waals surface area contributed by atoms with Crippen molar-refractivity contribution in [3.05, 3.63) is 6.92 Å². The molecule has 0 N–H and O–H groups in total. The molecule has 0 spiro atoms. The maximum absolute atomic E-state index is 11.1. The summed E-state index contributed by atoms with van der Waals surface area (Å²) in [6.07, 6.45) is 3.23. The molecule has 1 aliphatic rings. The molecular formula is C8H14NO2. The first-order valence-corrected chi connectivity index (χ1v) is 4.05. The Balaban J connectivity index is 2.27. The second-order valence-electron chi connectivity index (χ2n) is 2.66. The van der Waals surface area contributed by atoms with Gasteiger partial charge in [-0.3, -0.25) is 0 Å². The third-order valence-corrected chi connectivity index (χ3v) is 1.84. The van der Waals surface area contributed by atoms with E-state index in [1.165, 1.54) is 6.42 Å². The molecule has 11 heavy (non-hydrogen) atoms. The van der Waals surface area contributed by atoms with Gasteiger partial charge in [0.1, 0.15) is 0 Å². The van der Waals surface area contributed by atoms with Gasteiger partial charge in [0.05, 0.1) is 6.61 Å². The molecule has 3 nitrogen and oxygen atoms in total. The number of carbonyl (C=O) groups is 1. The van der Waals surface area contributed by atoms with Crippen LogP contribution in [0.1, 0.15) is 19.3 Å². The summed E-state index contributed by atoms with van der Waals surface area (Å²) in [6.45, 7) is 5.37. The summed E-state index contributed by atoms with van der Waals surface area (Å²) in [6, 6.07) is 0. The second-order valence-corrected chi connectivity index (χ2v) is 2.66. The number of nitrogens with zero attached hydrogens (tertiary/aromatic N) is 1. The van der Waals surface area contributed by atoms with E-state index in [0.29, 0.717) is 0 Å². The highest BCUT2D eigenvalue weighted by Crippen LogP contribution is 2.09. The van der Waals surface area contributed by atoms with Crippen LogP contribution in [-0.2, 0) is 4.74 Å². The van der Waals surface area contributed by atoms with Crippen LogP contribution in [0.5, 0.6) is 0 Å². The number of likely N-dealkylation sites (tertiary alicyclic amines) is 1. The molecular weight excluding hydrogens is 142 g/mol. The molecule has 3 heteroatoms. The van der Waals surface area contributed by atoms with Gasteiger partial charge in [0, 0.05) is 13.1 Å². The number of hydrogen-bond acceptors (Lipinski definition) is 2. The topological polar surface area (TPSA) is 29.5 Å². The molecule has 1 radical (unpaired) electrons. The predicted molar refractivity (Wildman–Crippen MR) is 42.1 cm³/mol. The molecule has 0 atom stereocenters. The van der Waals surface area contributed by atoms with Crippen molar-refractivity contribution in [1.82, 2.24) is 4.90 Å². The molecule has 1 fully saturated rings. The number of rotatable bonds is 1. The van der Waals surface area contributed by atoms with Crippen LogP contribution in [0, 0.1) is 6.92 Å². The average Bonchev–Trinajstić information content (AvgIpc) is 2.07. The lowest BCUT2D eigenvalue weighted by molar-refractivity contribution is 0.104.